The number of hydrogen-bond donors (Lipinski definition) is 0. The van der Waals surface area contributed by atoms with Gasteiger partial charge in [-0.15, -0.1) is 11.6 Å². The molecule has 1 rings (SSSR count). The second-order valence-electron chi connectivity index (χ2n) is 3.61. The van der Waals surface area contributed by atoms with E-state index in [0.29, 0.717) is 6.54 Å². The molecule has 0 radical (unpaired) electrons. The fourth-order valence-corrected chi connectivity index (χ4v) is 1.74. The summed E-state index contributed by atoms with van der Waals surface area (Å²) in [7, 11) is 3.58. The molecule has 0 spiro atoms. The van der Waals surface area contributed by atoms with Crippen LogP contribution in [0.5, 0.6) is 5.75 Å². The molecule has 1 aromatic rings. The van der Waals surface area contributed by atoms with Crippen LogP contribution in [0.15, 0.2) is 24.3 Å². The Bertz CT molecular complexity index is 376. The van der Waals surface area contributed by atoms with E-state index in [9.17, 15) is 0 Å². The van der Waals surface area contributed by atoms with E-state index in [4.69, 9.17) is 21.6 Å². The lowest BCUT2D eigenvalue weighted by Gasteiger charge is -2.18. The number of ether oxygens (including phenoxy) is 1. The molecule has 0 saturated carbocycles. The summed E-state index contributed by atoms with van der Waals surface area (Å²) in [6, 6.07) is 9.83. The molecule has 16 heavy (non-hydrogen) atoms. The van der Waals surface area contributed by atoms with Gasteiger partial charge in [0, 0.05) is 18.7 Å². The van der Waals surface area contributed by atoms with Crippen LogP contribution in [0.4, 0.5) is 0 Å². The second kappa shape index (κ2) is 6.37. The topological polar surface area (TPSA) is 36.3 Å². The highest BCUT2D eigenvalue weighted by Gasteiger charge is 2.09. The molecule has 1 unspecified atom stereocenters. The standard InChI is InChI=1S/C12H15ClN2O/c1-15(9-11(13)7-14)8-10-5-3-4-6-12(10)16-2/h3-6,11H,8-9H2,1-2H3. The van der Waals surface area contributed by atoms with Crippen LogP contribution in [0.1, 0.15) is 5.56 Å². The maximum atomic E-state index is 8.62. The van der Waals surface area contributed by atoms with E-state index in [-0.39, 0.29) is 0 Å². The van der Waals surface area contributed by atoms with E-state index in [1.165, 1.54) is 0 Å². The summed E-state index contributed by atoms with van der Waals surface area (Å²) >= 11 is 5.77. The predicted octanol–water partition coefficient (Wildman–Crippen LogP) is 2.26. The molecule has 3 nitrogen and oxygen atoms in total. The molecular formula is C12H15ClN2O. The quantitative estimate of drug-likeness (QED) is 0.739. The molecule has 4 heteroatoms. The van der Waals surface area contributed by atoms with Crippen LogP contribution < -0.4 is 4.74 Å². The number of halogens is 1. The number of nitriles is 1. The largest absolute Gasteiger partial charge is 0.496 e. The van der Waals surface area contributed by atoms with Crippen LogP contribution >= 0.6 is 11.6 Å². The molecule has 86 valence electrons. The maximum absolute atomic E-state index is 8.62. The van der Waals surface area contributed by atoms with Gasteiger partial charge in [0.2, 0.25) is 0 Å². The normalized spacial score (nSPS) is 12.2. The minimum absolute atomic E-state index is 0.472. The van der Waals surface area contributed by atoms with Gasteiger partial charge >= 0.3 is 0 Å². The Labute approximate surface area is 101 Å². The Hall–Kier alpha value is -1.24. The first kappa shape index (κ1) is 12.8. The van der Waals surface area contributed by atoms with Crippen molar-refractivity contribution in [2.45, 2.75) is 11.9 Å². The van der Waals surface area contributed by atoms with Crippen molar-refractivity contribution >= 4 is 11.6 Å². The predicted molar refractivity (Wildman–Crippen MR) is 64.6 cm³/mol. The molecule has 0 heterocycles. The summed E-state index contributed by atoms with van der Waals surface area (Å²) in [4.78, 5) is 2.00. The first-order valence-corrected chi connectivity index (χ1v) is 5.45. The Morgan fingerprint density at radius 3 is 2.81 bits per heavy atom. The summed E-state index contributed by atoms with van der Waals surface area (Å²) < 4.78 is 5.25. The lowest BCUT2D eigenvalue weighted by molar-refractivity contribution is 0.326. The minimum Gasteiger partial charge on any atom is -0.496 e. The van der Waals surface area contributed by atoms with Crippen molar-refractivity contribution in [3.8, 4) is 11.8 Å². The molecule has 1 atom stereocenters. The van der Waals surface area contributed by atoms with Gasteiger partial charge in [-0.25, -0.2) is 0 Å². The van der Waals surface area contributed by atoms with Gasteiger partial charge < -0.3 is 4.74 Å². The molecule has 0 bridgehead atoms. The van der Waals surface area contributed by atoms with Crippen molar-refractivity contribution in [1.29, 1.82) is 5.26 Å². The van der Waals surface area contributed by atoms with Crippen LogP contribution in [-0.2, 0) is 6.54 Å². The van der Waals surface area contributed by atoms with Crippen molar-refractivity contribution in [2.75, 3.05) is 20.7 Å². The highest BCUT2D eigenvalue weighted by Crippen LogP contribution is 2.18. The number of rotatable bonds is 5. The zero-order valence-electron chi connectivity index (χ0n) is 9.48. The van der Waals surface area contributed by atoms with Crippen LogP contribution in [0.2, 0.25) is 0 Å². The van der Waals surface area contributed by atoms with Gasteiger partial charge in [0.25, 0.3) is 0 Å². The zero-order valence-corrected chi connectivity index (χ0v) is 10.2. The monoisotopic (exact) mass is 238 g/mol. The average molecular weight is 239 g/mol. The summed E-state index contributed by atoms with van der Waals surface area (Å²) in [6.45, 7) is 1.25. The van der Waals surface area contributed by atoms with E-state index >= 15 is 0 Å². The lowest BCUT2D eigenvalue weighted by Crippen LogP contribution is -2.25. The number of para-hydroxylation sites is 1. The van der Waals surface area contributed by atoms with Crippen LogP contribution in [0.3, 0.4) is 0 Å². The van der Waals surface area contributed by atoms with Crippen molar-refractivity contribution in [3.63, 3.8) is 0 Å². The van der Waals surface area contributed by atoms with Gasteiger partial charge in [-0.1, -0.05) is 18.2 Å². The van der Waals surface area contributed by atoms with Gasteiger partial charge in [-0.3, -0.25) is 4.90 Å². The first-order valence-electron chi connectivity index (χ1n) is 5.01. The fourth-order valence-electron chi connectivity index (χ4n) is 1.50. The minimum atomic E-state index is -0.472. The highest BCUT2D eigenvalue weighted by molar-refractivity contribution is 6.22. The summed E-state index contributed by atoms with van der Waals surface area (Å²) in [6.07, 6.45) is 0. The summed E-state index contributed by atoms with van der Waals surface area (Å²) in [5.41, 5.74) is 1.09. The molecule has 0 saturated heterocycles. The van der Waals surface area contributed by atoms with Crippen LogP contribution in [-0.4, -0.2) is 31.0 Å². The van der Waals surface area contributed by atoms with Gasteiger partial charge in [-0.2, -0.15) is 5.26 Å². The molecule has 0 N–H and O–H groups in total. The van der Waals surface area contributed by atoms with Gasteiger partial charge in [0.15, 0.2) is 0 Å². The Morgan fingerprint density at radius 2 is 2.19 bits per heavy atom. The Morgan fingerprint density at radius 1 is 1.50 bits per heavy atom. The molecule has 0 aromatic heterocycles. The van der Waals surface area contributed by atoms with Crippen molar-refractivity contribution in [1.82, 2.24) is 4.90 Å². The van der Waals surface area contributed by atoms with Gasteiger partial charge in [0.05, 0.1) is 13.2 Å². The zero-order chi connectivity index (χ0) is 12.0. The van der Waals surface area contributed by atoms with E-state index < -0.39 is 5.38 Å². The number of hydrogen-bond acceptors (Lipinski definition) is 3. The second-order valence-corrected chi connectivity index (χ2v) is 4.13. The molecule has 0 aliphatic rings. The van der Waals surface area contributed by atoms with Crippen molar-refractivity contribution < 1.29 is 4.74 Å². The molecule has 1 aromatic carbocycles. The number of alkyl halides is 1. The van der Waals surface area contributed by atoms with Crippen LogP contribution in [0.25, 0.3) is 0 Å². The lowest BCUT2D eigenvalue weighted by atomic mass is 10.2. The van der Waals surface area contributed by atoms with E-state index in [0.717, 1.165) is 17.9 Å². The number of methoxy groups -OCH3 is 1. The molecule has 0 fully saturated rings. The number of nitrogens with zero attached hydrogens (tertiary/aromatic N) is 2. The number of benzene rings is 1. The SMILES string of the molecule is COc1ccccc1CN(C)CC(Cl)C#N. The third-order valence-electron chi connectivity index (χ3n) is 2.24. The first-order chi connectivity index (χ1) is 7.67. The average Bonchev–Trinajstić information content (AvgIpc) is 2.29. The highest BCUT2D eigenvalue weighted by atomic mass is 35.5. The van der Waals surface area contributed by atoms with E-state index in [1.807, 2.05) is 42.3 Å². The third-order valence-corrected chi connectivity index (χ3v) is 2.48. The summed E-state index contributed by atoms with van der Waals surface area (Å²) in [5, 5.41) is 8.14. The molecule has 0 aliphatic heterocycles. The molecule has 0 aliphatic carbocycles. The summed E-state index contributed by atoms with van der Waals surface area (Å²) in [5.74, 6) is 0.859. The van der Waals surface area contributed by atoms with Gasteiger partial charge in [-0.05, 0) is 13.1 Å². The smallest absolute Gasteiger partial charge is 0.133 e. The van der Waals surface area contributed by atoms with E-state index in [2.05, 4.69) is 0 Å². The van der Waals surface area contributed by atoms with Crippen molar-refractivity contribution in [3.05, 3.63) is 29.8 Å². The Kier molecular flexibility index (Phi) is 5.10. The van der Waals surface area contributed by atoms with Crippen LogP contribution in [0, 0.1) is 11.3 Å². The molecule has 0 amide bonds. The third kappa shape index (κ3) is 3.73. The van der Waals surface area contributed by atoms with Crippen molar-refractivity contribution in [2.24, 2.45) is 0 Å². The fraction of sp³-hybridized carbons (Fsp3) is 0.417. The maximum Gasteiger partial charge on any atom is 0.133 e. The molecular weight excluding hydrogens is 224 g/mol. The van der Waals surface area contributed by atoms with E-state index in [1.54, 1.807) is 7.11 Å². The van der Waals surface area contributed by atoms with Gasteiger partial charge in [0.1, 0.15) is 11.1 Å². The Balaban J connectivity index is 2.62.